The molecule has 0 aliphatic carbocycles. The maximum atomic E-state index is 12.0. The first-order chi connectivity index (χ1) is 11.1. The molecule has 0 saturated carbocycles. The van der Waals surface area contributed by atoms with Crippen molar-refractivity contribution in [3.05, 3.63) is 22.7 Å². The molecule has 1 saturated heterocycles. The molecule has 1 amide bonds. The molecule has 1 aliphatic heterocycles. The Morgan fingerprint density at radius 1 is 1.48 bits per heavy atom. The SMILES string of the molecule is CC(=O)Nc1ccn([C@@H]2O[C@H](COP(=O)(O)O)[C@@H](O)[C@H]2O)c(=O)n1.[H-].[Na+]. The van der Waals surface area contributed by atoms with Crippen molar-refractivity contribution in [3.63, 3.8) is 0 Å². The average molecular weight is 389 g/mol. The molecule has 1 fully saturated rings. The van der Waals surface area contributed by atoms with Crippen LogP contribution in [0.3, 0.4) is 0 Å². The minimum absolute atomic E-state index is 0. The summed E-state index contributed by atoms with van der Waals surface area (Å²) in [6, 6.07) is 1.28. The molecule has 5 N–H and O–H groups in total. The van der Waals surface area contributed by atoms with Gasteiger partial charge in [0, 0.05) is 13.1 Å². The Kier molecular flexibility index (Phi) is 7.90. The molecule has 14 heteroatoms. The van der Waals surface area contributed by atoms with Crippen LogP contribution in [0.5, 0.6) is 0 Å². The number of carbonyl (C=O) groups excluding carboxylic acids is 1. The van der Waals surface area contributed by atoms with Crippen LogP contribution in [0.4, 0.5) is 5.82 Å². The molecule has 2 rings (SSSR count). The second kappa shape index (κ2) is 8.82. The van der Waals surface area contributed by atoms with E-state index in [0.717, 1.165) is 4.57 Å². The Morgan fingerprint density at radius 2 is 2.12 bits per heavy atom. The van der Waals surface area contributed by atoms with Gasteiger partial charge in [0.05, 0.1) is 6.61 Å². The Morgan fingerprint density at radius 3 is 2.64 bits per heavy atom. The number of aliphatic hydroxyl groups is 2. The maximum Gasteiger partial charge on any atom is 1.00 e. The minimum Gasteiger partial charge on any atom is -1.00 e. The molecule has 0 spiro atoms. The molecule has 0 radical (unpaired) electrons. The number of hydrogen-bond donors (Lipinski definition) is 5. The first-order valence-electron chi connectivity index (χ1n) is 6.67. The zero-order valence-corrected chi connectivity index (χ0v) is 16.2. The van der Waals surface area contributed by atoms with E-state index in [1.165, 1.54) is 19.2 Å². The van der Waals surface area contributed by atoms with Crippen LogP contribution in [0.1, 0.15) is 14.6 Å². The van der Waals surface area contributed by atoms with E-state index in [1.54, 1.807) is 0 Å². The quantitative estimate of drug-likeness (QED) is 0.242. The fourth-order valence-corrected chi connectivity index (χ4v) is 2.46. The summed E-state index contributed by atoms with van der Waals surface area (Å²) in [6.45, 7) is 0.546. The van der Waals surface area contributed by atoms with Gasteiger partial charge >= 0.3 is 43.1 Å². The number of rotatable bonds is 5. The van der Waals surface area contributed by atoms with Gasteiger partial charge in [-0.2, -0.15) is 4.98 Å². The van der Waals surface area contributed by atoms with Crippen LogP contribution in [0.2, 0.25) is 0 Å². The molecular weight excluding hydrogens is 372 g/mol. The van der Waals surface area contributed by atoms with Crippen LogP contribution in [-0.2, 0) is 18.6 Å². The van der Waals surface area contributed by atoms with Crippen LogP contribution in [0, 0.1) is 0 Å². The molecule has 136 valence electrons. The van der Waals surface area contributed by atoms with Gasteiger partial charge in [-0.3, -0.25) is 13.9 Å². The topological polar surface area (TPSA) is 180 Å². The fourth-order valence-electron chi connectivity index (χ4n) is 2.12. The fraction of sp³-hybridized carbons (Fsp3) is 0.545. The standard InChI is InChI=1S/C11H16N3O9P.Na.H/c1-5(15)12-7-2-3-14(11(18)13-7)10-9(17)8(16)6(23-10)4-22-24(19,20)21;;/h2-3,6,8-10,16-17H,4H2,1H3,(H2,19,20,21)(H,12,13,15,18);;/q;+1;-1/t6-,8-,9-,10-;;/m1../s1. The average Bonchev–Trinajstić information content (AvgIpc) is 2.72. The number of nitrogens with zero attached hydrogens (tertiary/aromatic N) is 2. The van der Waals surface area contributed by atoms with Crippen molar-refractivity contribution in [2.75, 3.05) is 11.9 Å². The van der Waals surface area contributed by atoms with E-state index in [0.29, 0.717) is 0 Å². The van der Waals surface area contributed by atoms with E-state index in [4.69, 9.17) is 14.5 Å². The van der Waals surface area contributed by atoms with Gasteiger partial charge in [0.2, 0.25) is 5.91 Å². The molecule has 4 atom stereocenters. The number of phosphoric acid groups is 1. The van der Waals surface area contributed by atoms with E-state index in [-0.39, 0.29) is 36.8 Å². The van der Waals surface area contributed by atoms with Crippen molar-refractivity contribution >= 4 is 19.5 Å². The van der Waals surface area contributed by atoms with Crippen LogP contribution >= 0.6 is 7.82 Å². The smallest absolute Gasteiger partial charge is 1.00 e. The second-order valence-electron chi connectivity index (χ2n) is 5.02. The summed E-state index contributed by atoms with van der Waals surface area (Å²) in [6.07, 6.45) is -4.51. The molecule has 1 aromatic rings. The van der Waals surface area contributed by atoms with Crippen LogP contribution in [0.15, 0.2) is 17.1 Å². The van der Waals surface area contributed by atoms with Gasteiger partial charge in [-0.1, -0.05) is 0 Å². The third-order valence-electron chi connectivity index (χ3n) is 3.15. The number of ether oxygens (including phenoxy) is 1. The third kappa shape index (κ3) is 5.93. The Bertz CT molecular complexity index is 729. The van der Waals surface area contributed by atoms with Crippen LogP contribution in [-0.4, -0.2) is 60.4 Å². The largest absolute Gasteiger partial charge is 1.00 e. The third-order valence-corrected chi connectivity index (χ3v) is 3.64. The van der Waals surface area contributed by atoms with Crippen molar-refractivity contribution in [3.8, 4) is 0 Å². The summed E-state index contributed by atoms with van der Waals surface area (Å²) < 4.78 is 21.0. The van der Waals surface area contributed by atoms with Crippen molar-refractivity contribution in [1.82, 2.24) is 9.55 Å². The number of hydrogen-bond acceptors (Lipinski definition) is 8. The Balaban J connectivity index is 0.00000312. The van der Waals surface area contributed by atoms with Crippen LogP contribution < -0.4 is 40.6 Å². The van der Waals surface area contributed by atoms with Crippen LogP contribution in [0.25, 0.3) is 0 Å². The van der Waals surface area contributed by atoms with Gasteiger partial charge < -0.3 is 31.5 Å². The van der Waals surface area contributed by atoms with E-state index in [9.17, 15) is 24.4 Å². The van der Waals surface area contributed by atoms with E-state index in [2.05, 4.69) is 14.8 Å². The zero-order chi connectivity index (χ0) is 18.1. The molecule has 2 heterocycles. The van der Waals surface area contributed by atoms with Gasteiger partial charge in [0.15, 0.2) is 6.23 Å². The number of anilines is 1. The predicted octanol–water partition coefficient (Wildman–Crippen LogP) is -4.95. The van der Waals surface area contributed by atoms with E-state index < -0.39 is 50.6 Å². The summed E-state index contributed by atoms with van der Waals surface area (Å²) in [5.41, 5.74) is -0.867. The monoisotopic (exact) mass is 389 g/mol. The normalized spacial score (nSPS) is 26.1. The summed E-state index contributed by atoms with van der Waals surface area (Å²) >= 11 is 0. The first-order valence-corrected chi connectivity index (χ1v) is 8.20. The van der Waals surface area contributed by atoms with Crippen molar-refractivity contribution in [2.45, 2.75) is 31.5 Å². The van der Waals surface area contributed by atoms with Crippen molar-refractivity contribution in [2.24, 2.45) is 0 Å². The first kappa shape index (κ1) is 22.4. The summed E-state index contributed by atoms with van der Waals surface area (Å²) in [5, 5.41) is 22.1. The molecule has 1 aromatic heterocycles. The number of phosphoric ester groups is 1. The number of aromatic nitrogens is 2. The van der Waals surface area contributed by atoms with Gasteiger partial charge in [0.25, 0.3) is 0 Å². The number of aliphatic hydroxyl groups excluding tert-OH is 2. The van der Waals surface area contributed by atoms with Gasteiger partial charge in [-0.05, 0) is 6.07 Å². The zero-order valence-electron chi connectivity index (χ0n) is 14.3. The molecule has 0 aromatic carbocycles. The minimum atomic E-state index is -4.78. The number of amides is 1. The van der Waals surface area contributed by atoms with Crippen molar-refractivity contribution in [1.29, 1.82) is 0 Å². The van der Waals surface area contributed by atoms with Gasteiger partial charge in [-0.25, -0.2) is 9.36 Å². The maximum absolute atomic E-state index is 12.0. The molecule has 1 aliphatic rings. The summed E-state index contributed by atoms with van der Waals surface area (Å²) in [5.74, 6) is -0.431. The Labute approximate surface area is 164 Å². The molecule has 12 nitrogen and oxygen atoms in total. The number of carbonyl (C=O) groups is 1. The Hall–Kier alpha value is -0.660. The number of nitrogens with one attached hydrogen (secondary N) is 1. The summed E-state index contributed by atoms with van der Waals surface area (Å²) in [7, 11) is -4.78. The molecule has 25 heavy (non-hydrogen) atoms. The second-order valence-corrected chi connectivity index (χ2v) is 6.26. The van der Waals surface area contributed by atoms with Gasteiger partial charge in [-0.15, -0.1) is 0 Å². The van der Waals surface area contributed by atoms with E-state index >= 15 is 0 Å². The molecule has 0 bridgehead atoms. The van der Waals surface area contributed by atoms with Crippen molar-refractivity contribution < 1.29 is 69.6 Å². The molecular formula is C11H17N3NaO9P. The summed E-state index contributed by atoms with van der Waals surface area (Å²) in [4.78, 5) is 43.8. The van der Waals surface area contributed by atoms with E-state index in [1.807, 2.05) is 0 Å². The predicted molar refractivity (Wildman–Crippen MR) is 77.8 cm³/mol. The molecule has 0 unspecified atom stereocenters. The van der Waals surface area contributed by atoms with Gasteiger partial charge in [0.1, 0.15) is 24.1 Å².